The van der Waals surface area contributed by atoms with Gasteiger partial charge in [0.05, 0.1) is 33.7 Å². The molecular weight excluding hydrogens is 500 g/mol. The van der Waals surface area contributed by atoms with Crippen molar-refractivity contribution in [3.8, 4) is 5.75 Å². The molecule has 0 radical (unpaired) electrons. The fourth-order valence-electron chi connectivity index (χ4n) is 3.02. The first-order valence-electron chi connectivity index (χ1n) is 9.67. The quantitative estimate of drug-likeness (QED) is 0.322. The second kappa shape index (κ2) is 10.9. The number of alkyl halides is 2. The molecular formula is C20H18ClF2N3O7S. The van der Waals surface area contributed by atoms with E-state index in [2.05, 4.69) is 10.1 Å². The van der Waals surface area contributed by atoms with E-state index in [1.807, 2.05) is 0 Å². The van der Waals surface area contributed by atoms with Crippen LogP contribution in [0.15, 0.2) is 47.4 Å². The minimum absolute atomic E-state index is 0.00579. The number of nitro groups is 1. The Balaban J connectivity index is 1.82. The van der Waals surface area contributed by atoms with Crippen LogP contribution in [0, 0.1) is 10.1 Å². The molecule has 1 aliphatic heterocycles. The maximum atomic E-state index is 12.8. The molecule has 0 spiro atoms. The number of amides is 1. The molecule has 0 aliphatic carbocycles. The normalized spacial score (nSPS) is 14.9. The number of morpholine rings is 1. The van der Waals surface area contributed by atoms with E-state index in [0.29, 0.717) is 0 Å². The lowest BCUT2D eigenvalue weighted by Gasteiger charge is -2.26. The van der Waals surface area contributed by atoms with Gasteiger partial charge in [0.25, 0.3) is 5.69 Å². The number of sulfonamides is 1. The van der Waals surface area contributed by atoms with Crippen molar-refractivity contribution in [1.82, 2.24) is 4.31 Å². The third kappa shape index (κ3) is 6.26. The van der Waals surface area contributed by atoms with Gasteiger partial charge in [-0.25, -0.2) is 8.42 Å². The van der Waals surface area contributed by atoms with E-state index in [4.69, 9.17) is 16.3 Å². The number of non-ortho nitro benzene ring substituents is 1. The van der Waals surface area contributed by atoms with Crippen LogP contribution < -0.4 is 10.1 Å². The molecule has 3 rings (SSSR count). The highest BCUT2D eigenvalue weighted by atomic mass is 35.5. The summed E-state index contributed by atoms with van der Waals surface area (Å²) in [6, 6.07) is 6.73. The Hall–Kier alpha value is -3.13. The third-order valence-corrected chi connectivity index (χ3v) is 6.86. The fourth-order valence-corrected chi connectivity index (χ4v) is 4.62. The summed E-state index contributed by atoms with van der Waals surface area (Å²) in [7, 11) is -3.85. The standard InChI is InChI=1S/C20H18ClF2N3O7S/c21-16-4-3-15(34(30,31)25-7-9-32-10-8-25)12-17(16)24-19(27)6-1-13-11-14(26(28)29)2-5-18(13)33-20(22)23/h1-6,11-12,20H,7-10H2,(H,24,27)/b6-1+. The summed E-state index contributed by atoms with van der Waals surface area (Å²) in [5.74, 6) is -1.17. The van der Waals surface area contributed by atoms with Gasteiger partial charge in [0.2, 0.25) is 15.9 Å². The van der Waals surface area contributed by atoms with E-state index in [9.17, 15) is 32.1 Å². The molecule has 0 unspecified atom stereocenters. The Kier molecular flexibility index (Phi) is 8.15. The van der Waals surface area contributed by atoms with Crippen molar-refractivity contribution in [2.45, 2.75) is 11.5 Å². The van der Waals surface area contributed by atoms with Gasteiger partial charge in [-0.2, -0.15) is 13.1 Å². The van der Waals surface area contributed by atoms with Crippen LogP contribution >= 0.6 is 11.6 Å². The molecule has 14 heteroatoms. The van der Waals surface area contributed by atoms with Crippen molar-refractivity contribution >= 4 is 45.0 Å². The molecule has 1 aliphatic rings. The van der Waals surface area contributed by atoms with Gasteiger partial charge >= 0.3 is 6.61 Å². The predicted octanol–water partition coefficient (Wildman–Crippen LogP) is 3.52. The van der Waals surface area contributed by atoms with E-state index in [1.54, 1.807) is 0 Å². The molecule has 1 heterocycles. The topological polar surface area (TPSA) is 128 Å². The van der Waals surface area contributed by atoms with Crippen LogP contribution in [0.25, 0.3) is 6.08 Å². The summed E-state index contributed by atoms with van der Waals surface area (Å²) in [4.78, 5) is 22.5. The minimum atomic E-state index is -3.85. The smallest absolute Gasteiger partial charge is 0.387 e. The van der Waals surface area contributed by atoms with E-state index in [1.165, 1.54) is 22.5 Å². The number of ether oxygens (including phenoxy) is 2. The molecule has 2 aromatic carbocycles. The lowest BCUT2D eigenvalue weighted by atomic mass is 10.1. The number of carbonyl (C=O) groups is 1. The van der Waals surface area contributed by atoms with Crippen LogP contribution in [0.2, 0.25) is 5.02 Å². The van der Waals surface area contributed by atoms with Gasteiger partial charge in [0.15, 0.2) is 0 Å². The zero-order chi connectivity index (χ0) is 24.9. The summed E-state index contributed by atoms with van der Waals surface area (Å²) in [5.41, 5.74) is -0.543. The number of hydrogen-bond donors (Lipinski definition) is 1. The molecule has 10 nitrogen and oxygen atoms in total. The minimum Gasteiger partial charge on any atom is -0.434 e. The average molecular weight is 518 g/mol. The lowest BCUT2D eigenvalue weighted by Crippen LogP contribution is -2.40. The Morgan fingerprint density at radius 2 is 1.94 bits per heavy atom. The molecule has 1 N–H and O–H groups in total. The maximum Gasteiger partial charge on any atom is 0.387 e. The monoisotopic (exact) mass is 517 g/mol. The molecule has 0 aromatic heterocycles. The molecule has 0 atom stereocenters. The van der Waals surface area contributed by atoms with Crippen molar-refractivity contribution in [3.63, 3.8) is 0 Å². The van der Waals surface area contributed by atoms with Crippen molar-refractivity contribution in [3.05, 3.63) is 63.2 Å². The highest BCUT2D eigenvalue weighted by Crippen LogP contribution is 2.29. The maximum absolute atomic E-state index is 12.8. The van der Waals surface area contributed by atoms with Crippen LogP contribution in [0.4, 0.5) is 20.2 Å². The molecule has 1 fully saturated rings. The lowest BCUT2D eigenvalue weighted by molar-refractivity contribution is -0.384. The van der Waals surface area contributed by atoms with E-state index in [-0.39, 0.29) is 53.2 Å². The number of benzene rings is 2. The van der Waals surface area contributed by atoms with Crippen LogP contribution in [0.5, 0.6) is 5.75 Å². The molecule has 1 saturated heterocycles. The first kappa shape index (κ1) is 25.5. The summed E-state index contributed by atoms with van der Waals surface area (Å²) < 4.78 is 61.6. The Morgan fingerprint density at radius 3 is 2.59 bits per heavy atom. The van der Waals surface area contributed by atoms with Crippen molar-refractivity contribution in [2.24, 2.45) is 0 Å². The van der Waals surface area contributed by atoms with Gasteiger partial charge < -0.3 is 14.8 Å². The first-order valence-corrected chi connectivity index (χ1v) is 11.5. The molecule has 1 amide bonds. The van der Waals surface area contributed by atoms with Gasteiger partial charge in [0, 0.05) is 36.9 Å². The summed E-state index contributed by atoms with van der Waals surface area (Å²) in [6.45, 7) is -2.30. The SMILES string of the molecule is O=C(/C=C/c1cc([N+](=O)[O-])ccc1OC(F)F)Nc1cc(S(=O)(=O)N2CCOCC2)ccc1Cl. The first-order chi connectivity index (χ1) is 16.1. The molecule has 182 valence electrons. The fraction of sp³-hybridized carbons (Fsp3) is 0.250. The number of nitrogens with one attached hydrogen (secondary N) is 1. The summed E-state index contributed by atoms with van der Waals surface area (Å²) in [6.07, 6.45) is 1.96. The second-order valence-electron chi connectivity index (χ2n) is 6.84. The average Bonchev–Trinajstić information content (AvgIpc) is 2.79. The molecule has 34 heavy (non-hydrogen) atoms. The van der Waals surface area contributed by atoms with Crippen molar-refractivity contribution in [2.75, 3.05) is 31.6 Å². The third-order valence-electron chi connectivity index (χ3n) is 4.64. The molecule has 0 bridgehead atoms. The Bertz CT molecular complexity index is 1220. The zero-order valence-corrected chi connectivity index (χ0v) is 18.9. The molecule has 0 saturated carbocycles. The number of carbonyl (C=O) groups excluding carboxylic acids is 1. The van der Waals surface area contributed by atoms with Crippen molar-refractivity contribution < 1.29 is 36.4 Å². The highest BCUT2D eigenvalue weighted by molar-refractivity contribution is 7.89. The van der Waals surface area contributed by atoms with Gasteiger partial charge in [0.1, 0.15) is 5.75 Å². The van der Waals surface area contributed by atoms with Crippen LogP contribution in [-0.4, -0.2) is 56.5 Å². The highest BCUT2D eigenvalue weighted by Gasteiger charge is 2.27. The van der Waals surface area contributed by atoms with Gasteiger partial charge in [-0.3, -0.25) is 14.9 Å². The molecule has 2 aromatic rings. The number of anilines is 1. The summed E-state index contributed by atoms with van der Waals surface area (Å²) in [5, 5.41) is 13.4. The number of nitro benzene ring substituents is 1. The van der Waals surface area contributed by atoms with Gasteiger partial charge in [-0.1, -0.05) is 11.6 Å². The largest absolute Gasteiger partial charge is 0.434 e. The van der Waals surface area contributed by atoms with E-state index in [0.717, 1.165) is 30.4 Å². The van der Waals surface area contributed by atoms with Crippen molar-refractivity contribution in [1.29, 1.82) is 0 Å². The number of hydrogen-bond acceptors (Lipinski definition) is 7. The van der Waals surface area contributed by atoms with Gasteiger partial charge in [-0.05, 0) is 30.3 Å². The zero-order valence-electron chi connectivity index (χ0n) is 17.3. The Labute approximate surface area is 197 Å². The van der Waals surface area contributed by atoms with E-state index >= 15 is 0 Å². The second-order valence-corrected chi connectivity index (χ2v) is 9.18. The van der Waals surface area contributed by atoms with E-state index < -0.39 is 33.2 Å². The van der Waals surface area contributed by atoms with Crippen LogP contribution in [-0.2, 0) is 19.6 Å². The predicted molar refractivity (Wildman–Crippen MR) is 118 cm³/mol. The van der Waals surface area contributed by atoms with Crippen LogP contribution in [0.1, 0.15) is 5.56 Å². The number of rotatable bonds is 8. The number of nitrogens with zero attached hydrogens (tertiary/aromatic N) is 2. The van der Waals surface area contributed by atoms with Gasteiger partial charge in [-0.15, -0.1) is 0 Å². The van der Waals surface area contributed by atoms with Crippen LogP contribution in [0.3, 0.4) is 0 Å². The summed E-state index contributed by atoms with van der Waals surface area (Å²) >= 11 is 6.09. The Morgan fingerprint density at radius 1 is 1.24 bits per heavy atom. The number of halogens is 3.